The molecule has 6 heteroatoms. The number of rotatable bonds is 5. The van der Waals surface area contributed by atoms with Crippen molar-refractivity contribution in [3.05, 3.63) is 34.1 Å². The smallest absolute Gasteiger partial charge is 0.258 e. The highest BCUT2D eigenvalue weighted by Crippen LogP contribution is 2.27. The maximum Gasteiger partial charge on any atom is 0.258 e. The average molecular weight is 326 g/mol. The second kappa shape index (κ2) is 6.27. The number of nitrogens with zero attached hydrogens (tertiary/aromatic N) is 2. The summed E-state index contributed by atoms with van der Waals surface area (Å²) in [6.45, 7) is 4.90. The molecule has 0 aliphatic carbocycles. The molecule has 0 bridgehead atoms. The van der Waals surface area contributed by atoms with Gasteiger partial charge in [0.2, 0.25) is 0 Å². The molecule has 0 spiro atoms. The molecule has 5 nitrogen and oxygen atoms in total. The molecule has 1 unspecified atom stereocenters. The van der Waals surface area contributed by atoms with Crippen LogP contribution in [-0.4, -0.2) is 23.4 Å². The van der Waals surface area contributed by atoms with Crippen LogP contribution >= 0.6 is 15.9 Å². The van der Waals surface area contributed by atoms with Crippen molar-refractivity contribution in [3.8, 4) is 11.5 Å². The molecule has 0 aliphatic heterocycles. The molecule has 0 saturated heterocycles. The van der Waals surface area contributed by atoms with E-state index < -0.39 is 0 Å². The Kier molecular flexibility index (Phi) is 4.68. The van der Waals surface area contributed by atoms with Crippen LogP contribution in [0.2, 0.25) is 0 Å². The molecule has 0 saturated carbocycles. The molecule has 2 aromatic rings. The Hall–Kier alpha value is -1.24. The van der Waals surface area contributed by atoms with Crippen LogP contribution in [0.4, 0.5) is 0 Å². The molecule has 1 atom stereocenters. The maximum atomic E-state index is 5.92. The molecule has 0 radical (unpaired) electrons. The van der Waals surface area contributed by atoms with Crippen LogP contribution in [0.5, 0.6) is 0 Å². The predicted octanol–water partition coefficient (Wildman–Crippen LogP) is 2.84. The highest BCUT2D eigenvalue weighted by molar-refractivity contribution is 9.10. The van der Waals surface area contributed by atoms with Crippen molar-refractivity contribution in [3.63, 3.8) is 0 Å². The first-order valence-corrected chi connectivity index (χ1v) is 6.85. The van der Waals surface area contributed by atoms with E-state index in [1.165, 1.54) is 0 Å². The van der Waals surface area contributed by atoms with E-state index in [1.807, 2.05) is 32.0 Å². The summed E-state index contributed by atoms with van der Waals surface area (Å²) >= 11 is 3.48. The van der Waals surface area contributed by atoms with Crippen LogP contribution in [0.3, 0.4) is 0 Å². The molecule has 0 aliphatic rings. The molecule has 1 aromatic carbocycles. The van der Waals surface area contributed by atoms with Crippen molar-refractivity contribution < 1.29 is 9.26 Å². The first-order chi connectivity index (χ1) is 9.13. The van der Waals surface area contributed by atoms with Crippen LogP contribution in [0.25, 0.3) is 11.5 Å². The van der Waals surface area contributed by atoms with Crippen LogP contribution in [0.1, 0.15) is 24.4 Å². The Bertz CT molecular complexity index is 557. The second-order valence-electron chi connectivity index (χ2n) is 4.14. The van der Waals surface area contributed by atoms with E-state index in [0.29, 0.717) is 24.9 Å². The summed E-state index contributed by atoms with van der Waals surface area (Å²) in [6.07, 6.45) is 0. The van der Waals surface area contributed by atoms with Gasteiger partial charge in [0, 0.05) is 16.6 Å². The fourth-order valence-electron chi connectivity index (χ4n) is 1.65. The van der Waals surface area contributed by atoms with Crippen molar-refractivity contribution in [2.45, 2.75) is 19.9 Å². The van der Waals surface area contributed by atoms with Gasteiger partial charge in [-0.15, -0.1) is 0 Å². The number of nitrogens with two attached hydrogens (primary N) is 1. The zero-order valence-electron chi connectivity index (χ0n) is 10.9. The number of ether oxygens (including phenoxy) is 1. The van der Waals surface area contributed by atoms with Crippen molar-refractivity contribution in [2.24, 2.45) is 5.73 Å². The second-order valence-corrected chi connectivity index (χ2v) is 4.99. The molecule has 0 amide bonds. The summed E-state index contributed by atoms with van der Waals surface area (Å²) in [7, 11) is 0. The Balaban J connectivity index is 2.23. The number of hydrogen-bond acceptors (Lipinski definition) is 5. The van der Waals surface area contributed by atoms with E-state index in [2.05, 4.69) is 26.1 Å². The molecule has 2 rings (SSSR count). The molecule has 1 aromatic heterocycles. The lowest BCUT2D eigenvalue weighted by molar-refractivity contribution is 0.130. The average Bonchev–Trinajstić information content (AvgIpc) is 2.88. The van der Waals surface area contributed by atoms with Gasteiger partial charge in [-0.05, 0) is 31.5 Å². The van der Waals surface area contributed by atoms with Crippen molar-refractivity contribution >= 4 is 15.9 Å². The van der Waals surface area contributed by atoms with Crippen LogP contribution in [0, 0.1) is 6.92 Å². The highest BCUT2D eigenvalue weighted by atomic mass is 79.9. The van der Waals surface area contributed by atoms with Crippen molar-refractivity contribution in [1.29, 1.82) is 0 Å². The third-order valence-corrected chi connectivity index (χ3v) is 3.63. The van der Waals surface area contributed by atoms with Gasteiger partial charge in [-0.3, -0.25) is 0 Å². The Labute approximate surface area is 120 Å². The normalized spacial score (nSPS) is 12.6. The van der Waals surface area contributed by atoms with Gasteiger partial charge in [-0.2, -0.15) is 4.98 Å². The van der Waals surface area contributed by atoms with E-state index in [-0.39, 0.29) is 6.04 Å². The van der Waals surface area contributed by atoms with Gasteiger partial charge in [-0.1, -0.05) is 27.2 Å². The Morgan fingerprint density at radius 3 is 3.00 bits per heavy atom. The molecule has 102 valence electrons. The first kappa shape index (κ1) is 14.2. The SMILES string of the molecule is CCOCC(N)c1noc(-c2cccc(Br)c2C)n1. The van der Waals surface area contributed by atoms with Gasteiger partial charge < -0.3 is 15.0 Å². The lowest BCUT2D eigenvalue weighted by Gasteiger charge is -2.05. The van der Waals surface area contributed by atoms with Gasteiger partial charge in [-0.25, -0.2) is 0 Å². The fraction of sp³-hybridized carbons (Fsp3) is 0.385. The van der Waals surface area contributed by atoms with E-state index in [9.17, 15) is 0 Å². The minimum atomic E-state index is -0.370. The standard InChI is InChI=1S/C13H16BrN3O2/c1-3-18-7-11(15)12-16-13(19-17-12)9-5-4-6-10(14)8(9)2/h4-6,11H,3,7,15H2,1-2H3. The molecule has 19 heavy (non-hydrogen) atoms. The minimum absolute atomic E-state index is 0.370. The van der Waals surface area contributed by atoms with E-state index >= 15 is 0 Å². The largest absolute Gasteiger partial charge is 0.380 e. The maximum absolute atomic E-state index is 5.92. The lowest BCUT2D eigenvalue weighted by Crippen LogP contribution is -2.18. The quantitative estimate of drug-likeness (QED) is 0.914. The summed E-state index contributed by atoms with van der Waals surface area (Å²) in [5, 5.41) is 3.91. The van der Waals surface area contributed by atoms with Crippen LogP contribution < -0.4 is 5.73 Å². The highest BCUT2D eigenvalue weighted by Gasteiger charge is 2.17. The minimum Gasteiger partial charge on any atom is -0.380 e. The van der Waals surface area contributed by atoms with Gasteiger partial charge in [0.05, 0.1) is 12.6 Å². The summed E-state index contributed by atoms with van der Waals surface area (Å²) < 4.78 is 11.5. The number of hydrogen-bond donors (Lipinski definition) is 1. The third kappa shape index (κ3) is 3.20. The third-order valence-electron chi connectivity index (χ3n) is 2.77. The zero-order chi connectivity index (χ0) is 13.8. The molecule has 1 heterocycles. The van der Waals surface area contributed by atoms with Crippen molar-refractivity contribution in [1.82, 2.24) is 10.1 Å². The monoisotopic (exact) mass is 325 g/mol. The number of benzene rings is 1. The summed E-state index contributed by atoms with van der Waals surface area (Å²) in [4.78, 5) is 4.33. The lowest BCUT2D eigenvalue weighted by atomic mass is 10.1. The fourth-order valence-corrected chi connectivity index (χ4v) is 2.02. The van der Waals surface area contributed by atoms with Gasteiger partial charge in [0.25, 0.3) is 5.89 Å². The van der Waals surface area contributed by atoms with Gasteiger partial charge in [0.15, 0.2) is 5.82 Å². The van der Waals surface area contributed by atoms with E-state index in [0.717, 1.165) is 15.6 Å². The Morgan fingerprint density at radius 2 is 2.26 bits per heavy atom. The van der Waals surface area contributed by atoms with Gasteiger partial charge in [0.1, 0.15) is 0 Å². The molecular formula is C13H16BrN3O2. The number of halogens is 1. The van der Waals surface area contributed by atoms with E-state index in [4.69, 9.17) is 15.0 Å². The molecule has 2 N–H and O–H groups in total. The van der Waals surface area contributed by atoms with E-state index in [1.54, 1.807) is 0 Å². The van der Waals surface area contributed by atoms with Crippen LogP contribution in [0.15, 0.2) is 27.2 Å². The Morgan fingerprint density at radius 1 is 1.47 bits per heavy atom. The predicted molar refractivity (Wildman–Crippen MR) is 75.6 cm³/mol. The van der Waals surface area contributed by atoms with Crippen LogP contribution in [-0.2, 0) is 4.74 Å². The van der Waals surface area contributed by atoms with Crippen molar-refractivity contribution in [2.75, 3.05) is 13.2 Å². The topological polar surface area (TPSA) is 74.2 Å². The molecule has 0 fully saturated rings. The summed E-state index contributed by atoms with van der Waals surface area (Å²) in [5.74, 6) is 0.934. The molecular weight excluding hydrogens is 310 g/mol. The first-order valence-electron chi connectivity index (χ1n) is 6.06. The zero-order valence-corrected chi connectivity index (χ0v) is 12.5. The summed E-state index contributed by atoms with van der Waals surface area (Å²) in [6, 6.07) is 5.46. The summed E-state index contributed by atoms with van der Waals surface area (Å²) in [5.41, 5.74) is 7.87. The van der Waals surface area contributed by atoms with Gasteiger partial charge >= 0.3 is 0 Å². The number of aromatic nitrogens is 2.